The molecular weight excluding hydrogens is 232 g/mol. The van der Waals surface area contributed by atoms with Crippen molar-refractivity contribution in [1.82, 2.24) is 10.2 Å². The van der Waals surface area contributed by atoms with Gasteiger partial charge in [0.15, 0.2) is 0 Å². The van der Waals surface area contributed by atoms with Crippen molar-refractivity contribution in [3.8, 4) is 0 Å². The second-order valence-corrected chi connectivity index (χ2v) is 4.94. The Bertz CT molecular complexity index is 284. The molecule has 0 spiro atoms. The van der Waals surface area contributed by atoms with E-state index in [9.17, 15) is 9.59 Å². The van der Waals surface area contributed by atoms with Crippen LogP contribution in [0.15, 0.2) is 0 Å². The summed E-state index contributed by atoms with van der Waals surface area (Å²) in [5.74, 6) is 0.240. The van der Waals surface area contributed by atoms with Gasteiger partial charge in [0.2, 0.25) is 11.8 Å². The summed E-state index contributed by atoms with van der Waals surface area (Å²) in [6.07, 6.45) is 1.96. The van der Waals surface area contributed by atoms with E-state index in [2.05, 4.69) is 5.32 Å². The van der Waals surface area contributed by atoms with E-state index < -0.39 is 6.10 Å². The van der Waals surface area contributed by atoms with E-state index in [1.165, 1.54) is 0 Å². The van der Waals surface area contributed by atoms with E-state index in [0.29, 0.717) is 32.5 Å². The standard InChI is InChI=1S/C13H24N2O3/c1-3-14-13(18)11-6-8-15(9-7-11)12(17)5-4-10(2)16/h10-11,16H,3-9H2,1-2H3,(H,14,18). The molecule has 1 fully saturated rings. The van der Waals surface area contributed by atoms with Gasteiger partial charge in [0.25, 0.3) is 0 Å². The molecule has 2 N–H and O–H groups in total. The Morgan fingerprint density at radius 1 is 1.39 bits per heavy atom. The summed E-state index contributed by atoms with van der Waals surface area (Å²) in [6.45, 7) is 5.56. The SMILES string of the molecule is CCNC(=O)C1CCN(C(=O)CCC(C)O)CC1. The molecule has 104 valence electrons. The lowest BCUT2D eigenvalue weighted by Gasteiger charge is -2.31. The Labute approximate surface area is 109 Å². The highest BCUT2D eigenvalue weighted by molar-refractivity contribution is 5.80. The van der Waals surface area contributed by atoms with Crippen LogP contribution in [-0.4, -0.2) is 47.6 Å². The number of hydrogen-bond acceptors (Lipinski definition) is 3. The fourth-order valence-corrected chi connectivity index (χ4v) is 2.20. The molecule has 5 heteroatoms. The number of piperidine rings is 1. The first-order chi connectivity index (χ1) is 8.54. The molecule has 5 nitrogen and oxygen atoms in total. The summed E-state index contributed by atoms with van der Waals surface area (Å²) in [4.78, 5) is 25.3. The van der Waals surface area contributed by atoms with Crippen molar-refractivity contribution in [3.63, 3.8) is 0 Å². The van der Waals surface area contributed by atoms with Crippen LogP contribution in [0.2, 0.25) is 0 Å². The molecule has 0 aromatic carbocycles. The highest BCUT2D eigenvalue weighted by Gasteiger charge is 2.26. The van der Waals surface area contributed by atoms with E-state index in [1.54, 1.807) is 11.8 Å². The van der Waals surface area contributed by atoms with Crippen molar-refractivity contribution in [3.05, 3.63) is 0 Å². The number of aliphatic hydroxyl groups is 1. The van der Waals surface area contributed by atoms with Crippen LogP contribution in [0.5, 0.6) is 0 Å². The number of carbonyl (C=O) groups excluding carboxylic acids is 2. The molecular formula is C13H24N2O3. The van der Waals surface area contributed by atoms with Crippen molar-refractivity contribution < 1.29 is 14.7 Å². The Morgan fingerprint density at radius 2 is 2.00 bits per heavy atom. The van der Waals surface area contributed by atoms with Crippen molar-refractivity contribution in [1.29, 1.82) is 0 Å². The minimum Gasteiger partial charge on any atom is -0.393 e. The van der Waals surface area contributed by atoms with E-state index >= 15 is 0 Å². The molecule has 1 heterocycles. The van der Waals surface area contributed by atoms with Gasteiger partial charge < -0.3 is 15.3 Å². The number of hydrogen-bond donors (Lipinski definition) is 2. The molecule has 0 aromatic rings. The minimum atomic E-state index is -0.429. The zero-order chi connectivity index (χ0) is 13.5. The number of nitrogens with zero attached hydrogens (tertiary/aromatic N) is 1. The summed E-state index contributed by atoms with van der Waals surface area (Å²) in [5, 5.41) is 12.0. The first-order valence-electron chi connectivity index (χ1n) is 6.78. The van der Waals surface area contributed by atoms with Gasteiger partial charge in [0.1, 0.15) is 0 Å². The highest BCUT2D eigenvalue weighted by atomic mass is 16.3. The predicted octanol–water partition coefficient (Wildman–Crippen LogP) is 0.522. The molecule has 1 atom stereocenters. The van der Waals surface area contributed by atoms with E-state index in [0.717, 1.165) is 12.8 Å². The zero-order valence-electron chi connectivity index (χ0n) is 11.3. The highest BCUT2D eigenvalue weighted by Crippen LogP contribution is 2.18. The Morgan fingerprint density at radius 3 is 2.50 bits per heavy atom. The van der Waals surface area contributed by atoms with Crippen LogP contribution in [0.3, 0.4) is 0 Å². The van der Waals surface area contributed by atoms with Crippen LogP contribution in [0.4, 0.5) is 0 Å². The van der Waals surface area contributed by atoms with Crippen LogP contribution in [0, 0.1) is 5.92 Å². The molecule has 18 heavy (non-hydrogen) atoms. The van der Waals surface area contributed by atoms with Gasteiger partial charge in [0.05, 0.1) is 6.10 Å². The first-order valence-corrected chi connectivity index (χ1v) is 6.78. The molecule has 1 aliphatic rings. The third kappa shape index (κ3) is 4.64. The summed E-state index contributed by atoms with van der Waals surface area (Å²) in [5.41, 5.74) is 0. The van der Waals surface area contributed by atoms with Gasteiger partial charge in [0, 0.05) is 32.0 Å². The molecule has 0 saturated carbocycles. The number of amides is 2. The van der Waals surface area contributed by atoms with Gasteiger partial charge in [-0.25, -0.2) is 0 Å². The number of aliphatic hydroxyl groups excluding tert-OH is 1. The number of nitrogens with one attached hydrogen (secondary N) is 1. The summed E-state index contributed by atoms with van der Waals surface area (Å²) >= 11 is 0. The second kappa shape index (κ2) is 7.36. The molecule has 1 aliphatic heterocycles. The summed E-state index contributed by atoms with van der Waals surface area (Å²) in [7, 11) is 0. The average molecular weight is 256 g/mol. The van der Waals surface area contributed by atoms with Gasteiger partial charge >= 0.3 is 0 Å². The molecule has 1 unspecified atom stereocenters. The molecule has 0 radical (unpaired) electrons. The molecule has 0 aliphatic carbocycles. The molecule has 2 amide bonds. The zero-order valence-corrected chi connectivity index (χ0v) is 11.3. The van der Waals surface area contributed by atoms with Crippen LogP contribution in [0.25, 0.3) is 0 Å². The smallest absolute Gasteiger partial charge is 0.223 e. The lowest BCUT2D eigenvalue weighted by molar-refractivity contribution is -0.136. The normalized spacial score (nSPS) is 18.5. The summed E-state index contributed by atoms with van der Waals surface area (Å²) < 4.78 is 0. The second-order valence-electron chi connectivity index (χ2n) is 4.94. The minimum absolute atomic E-state index is 0.0470. The maximum absolute atomic E-state index is 11.8. The molecule has 1 rings (SSSR count). The third-order valence-electron chi connectivity index (χ3n) is 3.35. The number of rotatable bonds is 5. The quantitative estimate of drug-likeness (QED) is 0.753. The summed E-state index contributed by atoms with van der Waals surface area (Å²) in [6, 6.07) is 0. The lowest BCUT2D eigenvalue weighted by atomic mass is 9.95. The molecule has 0 aromatic heterocycles. The van der Waals surface area contributed by atoms with Crippen molar-refractivity contribution >= 4 is 11.8 Å². The van der Waals surface area contributed by atoms with Crippen LogP contribution in [0.1, 0.15) is 39.5 Å². The van der Waals surface area contributed by atoms with E-state index in [4.69, 9.17) is 5.11 Å². The van der Waals surface area contributed by atoms with Gasteiger partial charge in [-0.2, -0.15) is 0 Å². The van der Waals surface area contributed by atoms with Gasteiger partial charge in [-0.15, -0.1) is 0 Å². The third-order valence-corrected chi connectivity index (χ3v) is 3.35. The van der Waals surface area contributed by atoms with Gasteiger partial charge in [-0.3, -0.25) is 9.59 Å². The van der Waals surface area contributed by atoms with Crippen LogP contribution >= 0.6 is 0 Å². The first kappa shape index (κ1) is 15.0. The Hall–Kier alpha value is -1.10. The van der Waals surface area contributed by atoms with Crippen molar-refractivity contribution in [2.75, 3.05) is 19.6 Å². The Balaban J connectivity index is 2.30. The van der Waals surface area contributed by atoms with Crippen LogP contribution in [-0.2, 0) is 9.59 Å². The maximum atomic E-state index is 11.8. The van der Waals surface area contributed by atoms with Gasteiger partial charge in [-0.1, -0.05) is 0 Å². The fourth-order valence-electron chi connectivity index (χ4n) is 2.20. The lowest BCUT2D eigenvalue weighted by Crippen LogP contribution is -2.43. The number of carbonyl (C=O) groups is 2. The monoisotopic (exact) mass is 256 g/mol. The largest absolute Gasteiger partial charge is 0.393 e. The number of likely N-dealkylation sites (tertiary alicyclic amines) is 1. The fraction of sp³-hybridized carbons (Fsp3) is 0.846. The maximum Gasteiger partial charge on any atom is 0.223 e. The van der Waals surface area contributed by atoms with Crippen molar-refractivity contribution in [2.24, 2.45) is 5.92 Å². The van der Waals surface area contributed by atoms with Crippen LogP contribution < -0.4 is 5.32 Å². The van der Waals surface area contributed by atoms with E-state index in [-0.39, 0.29) is 17.7 Å². The molecule has 1 saturated heterocycles. The predicted molar refractivity (Wildman–Crippen MR) is 68.9 cm³/mol. The van der Waals surface area contributed by atoms with E-state index in [1.807, 2.05) is 6.92 Å². The van der Waals surface area contributed by atoms with Crippen molar-refractivity contribution in [2.45, 2.75) is 45.6 Å². The van der Waals surface area contributed by atoms with Gasteiger partial charge in [-0.05, 0) is 33.1 Å². The topological polar surface area (TPSA) is 69.6 Å². The molecule has 0 bridgehead atoms. The Kier molecular flexibility index (Phi) is 6.12. The average Bonchev–Trinajstić information content (AvgIpc) is 2.36.